The maximum Gasteiger partial charge on any atom is 0.309 e. The lowest BCUT2D eigenvalue weighted by atomic mass is 10.0. The molecule has 0 saturated carbocycles. The second-order valence-electron chi connectivity index (χ2n) is 5.43. The molecule has 0 bridgehead atoms. The average molecular weight is 332 g/mol. The lowest BCUT2D eigenvalue weighted by Crippen LogP contribution is -2.45. The molecule has 0 aliphatic carbocycles. The van der Waals surface area contributed by atoms with Crippen molar-refractivity contribution in [1.82, 2.24) is 10.6 Å². The highest BCUT2D eigenvalue weighted by Gasteiger charge is 2.28. The average Bonchev–Trinajstić information content (AvgIpc) is 3.13. The SMILES string of the molecule is COc1ccccc1CNC(=O)C(=O)NCC(C)(O)c1ccco1. The number of benzene rings is 1. The van der Waals surface area contributed by atoms with Crippen LogP contribution in [0.15, 0.2) is 47.1 Å². The van der Waals surface area contributed by atoms with Gasteiger partial charge in [-0.1, -0.05) is 18.2 Å². The van der Waals surface area contributed by atoms with Crippen molar-refractivity contribution in [1.29, 1.82) is 0 Å². The summed E-state index contributed by atoms with van der Waals surface area (Å²) in [5, 5.41) is 15.1. The van der Waals surface area contributed by atoms with Crippen LogP contribution in [0.4, 0.5) is 0 Å². The first-order valence-electron chi connectivity index (χ1n) is 7.38. The Hall–Kier alpha value is -2.80. The Morgan fingerprint density at radius 1 is 1.17 bits per heavy atom. The third-order valence-corrected chi connectivity index (χ3v) is 3.48. The number of ether oxygens (including phenoxy) is 1. The van der Waals surface area contributed by atoms with E-state index >= 15 is 0 Å². The van der Waals surface area contributed by atoms with Crippen molar-refractivity contribution in [3.05, 3.63) is 54.0 Å². The Labute approximate surface area is 139 Å². The first-order chi connectivity index (χ1) is 11.4. The number of amides is 2. The molecule has 1 heterocycles. The molecule has 0 fully saturated rings. The van der Waals surface area contributed by atoms with Crippen LogP contribution in [0.25, 0.3) is 0 Å². The Balaban J connectivity index is 1.85. The van der Waals surface area contributed by atoms with E-state index in [0.29, 0.717) is 11.5 Å². The zero-order valence-corrected chi connectivity index (χ0v) is 13.5. The van der Waals surface area contributed by atoms with E-state index < -0.39 is 17.4 Å². The molecule has 0 saturated heterocycles. The van der Waals surface area contributed by atoms with E-state index in [1.165, 1.54) is 20.3 Å². The number of rotatable bonds is 6. The second-order valence-corrected chi connectivity index (χ2v) is 5.43. The van der Waals surface area contributed by atoms with E-state index in [1.54, 1.807) is 24.3 Å². The molecule has 7 heteroatoms. The highest BCUT2D eigenvalue weighted by atomic mass is 16.5. The summed E-state index contributed by atoms with van der Waals surface area (Å²) in [5.74, 6) is -0.705. The van der Waals surface area contributed by atoms with Crippen LogP contribution in [0.3, 0.4) is 0 Å². The molecule has 24 heavy (non-hydrogen) atoms. The molecule has 1 aromatic heterocycles. The van der Waals surface area contributed by atoms with E-state index in [0.717, 1.165) is 5.56 Å². The fraction of sp³-hybridized carbons (Fsp3) is 0.294. The number of hydrogen-bond donors (Lipinski definition) is 3. The van der Waals surface area contributed by atoms with Gasteiger partial charge in [0.15, 0.2) is 0 Å². The van der Waals surface area contributed by atoms with Gasteiger partial charge in [0.25, 0.3) is 0 Å². The van der Waals surface area contributed by atoms with Crippen LogP contribution < -0.4 is 15.4 Å². The molecule has 0 radical (unpaired) electrons. The minimum Gasteiger partial charge on any atom is -0.496 e. The third-order valence-electron chi connectivity index (χ3n) is 3.48. The van der Waals surface area contributed by atoms with Crippen molar-refractivity contribution in [2.24, 2.45) is 0 Å². The van der Waals surface area contributed by atoms with E-state index in [4.69, 9.17) is 9.15 Å². The van der Waals surface area contributed by atoms with Gasteiger partial charge in [-0.15, -0.1) is 0 Å². The molecule has 1 atom stereocenters. The van der Waals surface area contributed by atoms with Crippen molar-refractivity contribution < 1.29 is 23.8 Å². The summed E-state index contributed by atoms with van der Waals surface area (Å²) in [5.41, 5.74) is -0.647. The number of methoxy groups -OCH3 is 1. The minimum atomic E-state index is -1.40. The molecule has 1 unspecified atom stereocenters. The predicted octanol–water partition coefficient (Wildman–Crippen LogP) is 0.928. The topological polar surface area (TPSA) is 101 Å². The first kappa shape index (κ1) is 17.6. The molecule has 128 valence electrons. The normalized spacial score (nSPS) is 13.0. The summed E-state index contributed by atoms with van der Waals surface area (Å²) in [4.78, 5) is 23.7. The Morgan fingerprint density at radius 2 is 1.88 bits per heavy atom. The molecule has 0 aliphatic rings. The molecule has 7 nitrogen and oxygen atoms in total. The zero-order chi connectivity index (χ0) is 17.6. The quantitative estimate of drug-likeness (QED) is 0.683. The van der Waals surface area contributed by atoms with Gasteiger partial charge in [0, 0.05) is 12.1 Å². The first-order valence-corrected chi connectivity index (χ1v) is 7.38. The van der Waals surface area contributed by atoms with Gasteiger partial charge >= 0.3 is 11.8 Å². The monoisotopic (exact) mass is 332 g/mol. The number of para-hydroxylation sites is 1. The minimum absolute atomic E-state index is 0.151. The number of nitrogens with one attached hydrogen (secondary N) is 2. The number of carbonyl (C=O) groups excluding carboxylic acids is 2. The molecule has 1 aromatic carbocycles. The van der Waals surface area contributed by atoms with Gasteiger partial charge in [0.1, 0.15) is 17.1 Å². The third kappa shape index (κ3) is 4.36. The second kappa shape index (κ2) is 7.65. The van der Waals surface area contributed by atoms with Gasteiger partial charge in [-0.25, -0.2) is 0 Å². The summed E-state index contributed by atoms with van der Waals surface area (Å²) in [6.07, 6.45) is 1.42. The van der Waals surface area contributed by atoms with Gasteiger partial charge in [-0.2, -0.15) is 0 Å². The lowest BCUT2D eigenvalue weighted by molar-refractivity contribution is -0.140. The number of carbonyl (C=O) groups is 2. The van der Waals surface area contributed by atoms with Gasteiger partial charge in [0.2, 0.25) is 0 Å². The molecule has 0 spiro atoms. The highest BCUT2D eigenvalue weighted by molar-refractivity contribution is 6.35. The van der Waals surface area contributed by atoms with Crippen molar-refractivity contribution in [2.45, 2.75) is 19.1 Å². The Morgan fingerprint density at radius 3 is 2.54 bits per heavy atom. The molecule has 3 N–H and O–H groups in total. The fourth-order valence-electron chi connectivity index (χ4n) is 2.11. The number of furan rings is 1. The molecule has 2 aromatic rings. The molecule has 2 amide bonds. The van der Waals surface area contributed by atoms with Crippen LogP contribution in [0.2, 0.25) is 0 Å². The summed E-state index contributed by atoms with van der Waals surface area (Å²) < 4.78 is 10.3. The molecule has 0 aliphatic heterocycles. The van der Waals surface area contributed by atoms with E-state index in [2.05, 4.69) is 10.6 Å². The Kier molecular flexibility index (Phi) is 5.59. The summed E-state index contributed by atoms with van der Waals surface area (Å²) in [6, 6.07) is 10.4. The van der Waals surface area contributed by atoms with Crippen molar-refractivity contribution in [3.63, 3.8) is 0 Å². The van der Waals surface area contributed by atoms with Gasteiger partial charge in [0.05, 0.1) is 19.9 Å². The molecular weight excluding hydrogens is 312 g/mol. The van der Waals surface area contributed by atoms with E-state index in [-0.39, 0.29) is 13.1 Å². The summed E-state index contributed by atoms with van der Waals surface area (Å²) >= 11 is 0. The van der Waals surface area contributed by atoms with Gasteiger partial charge in [-0.05, 0) is 25.1 Å². The van der Waals surface area contributed by atoms with Crippen LogP contribution in [0.5, 0.6) is 5.75 Å². The van der Waals surface area contributed by atoms with Crippen LogP contribution in [0.1, 0.15) is 18.2 Å². The van der Waals surface area contributed by atoms with Crippen molar-refractivity contribution in [2.75, 3.05) is 13.7 Å². The van der Waals surface area contributed by atoms with E-state index in [9.17, 15) is 14.7 Å². The van der Waals surface area contributed by atoms with Crippen LogP contribution in [-0.2, 0) is 21.7 Å². The largest absolute Gasteiger partial charge is 0.496 e. The van der Waals surface area contributed by atoms with Crippen LogP contribution in [0, 0.1) is 0 Å². The fourth-order valence-corrected chi connectivity index (χ4v) is 2.11. The molecule has 2 rings (SSSR count). The van der Waals surface area contributed by atoms with Gasteiger partial charge in [-0.3, -0.25) is 9.59 Å². The predicted molar refractivity (Wildman–Crippen MR) is 86.1 cm³/mol. The zero-order valence-electron chi connectivity index (χ0n) is 13.5. The maximum atomic E-state index is 11.9. The standard InChI is InChI=1S/C17H20N2O5/c1-17(22,14-8-5-9-24-14)11-19-16(21)15(20)18-10-12-6-3-4-7-13(12)23-2/h3-9,22H,10-11H2,1-2H3,(H,18,20)(H,19,21). The molecular formula is C17H20N2O5. The summed E-state index contributed by atoms with van der Waals surface area (Å²) in [7, 11) is 1.53. The lowest BCUT2D eigenvalue weighted by Gasteiger charge is -2.20. The number of aliphatic hydroxyl groups is 1. The summed E-state index contributed by atoms with van der Waals surface area (Å²) in [6.45, 7) is 1.49. The van der Waals surface area contributed by atoms with Gasteiger partial charge < -0.3 is 24.9 Å². The van der Waals surface area contributed by atoms with E-state index in [1.807, 2.05) is 12.1 Å². The maximum absolute atomic E-state index is 11.9. The van der Waals surface area contributed by atoms with Crippen LogP contribution in [-0.4, -0.2) is 30.6 Å². The Bertz CT molecular complexity index is 695. The van der Waals surface area contributed by atoms with Crippen molar-refractivity contribution >= 4 is 11.8 Å². The highest BCUT2D eigenvalue weighted by Crippen LogP contribution is 2.19. The van der Waals surface area contributed by atoms with Crippen LogP contribution >= 0.6 is 0 Å². The number of hydrogen-bond acceptors (Lipinski definition) is 5. The van der Waals surface area contributed by atoms with Crippen molar-refractivity contribution in [3.8, 4) is 5.75 Å². The smallest absolute Gasteiger partial charge is 0.309 e.